The van der Waals surface area contributed by atoms with Gasteiger partial charge in [0.15, 0.2) is 0 Å². The molecule has 0 fully saturated rings. The van der Waals surface area contributed by atoms with Crippen molar-refractivity contribution in [3.8, 4) is 0 Å². The van der Waals surface area contributed by atoms with Gasteiger partial charge >= 0.3 is 0 Å². The van der Waals surface area contributed by atoms with E-state index in [2.05, 4.69) is 16.0 Å². The number of rotatable bonds is 6. The molecule has 0 heterocycles. The molecule has 140 valence electrons. The van der Waals surface area contributed by atoms with Crippen LogP contribution in [0.5, 0.6) is 0 Å². The van der Waals surface area contributed by atoms with Gasteiger partial charge in [-0.05, 0) is 49.9 Å². The molecule has 0 bridgehead atoms. The van der Waals surface area contributed by atoms with Crippen LogP contribution in [0.4, 0.5) is 11.4 Å². The molecule has 6 heteroatoms. The van der Waals surface area contributed by atoms with Crippen molar-refractivity contribution in [1.82, 2.24) is 5.32 Å². The molecule has 2 rings (SSSR count). The fraction of sp³-hybridized carbons (Fsp3) is 0.300. The minimum absolute atomic E-state index is 0. The summed E-state index contributed by atoms with van der Waals surface area (Å²) < 4.78 is 0. The highest BCUT2D eigenvalue weighted by Gasteiger charge is 2.09. The fourth-order valence-electron chi connectivity index (χ4n) is 2.68. The van der Waals surface area contributed by atoms with Crippen molar-refractivity contribution >= 4 is 35.6 Å². The van der Waals surface area contributed by atoms with Crippen LogP contribution in [0, 0.1) is 27.7 Å². The van der Waals surface area contributed by atoms with E-state index in [-0.39, 0.29) is 37.3 Å². The molecule has 0 aliphatic rings. The topological polar surface area (TPSA) is 70.2 Å². The number of amides is 2. The van der Waals surface area contributed by atoms with E-state index >= 15 is 0 Å². The summed E-state index contributed by atoms with van der Waals surface area (Å²) in [5, 5.41) is 8.65. The first kappa shape index (κ1) is 21.7. The lowest BCUT2D eigenvalue weighted by Crippen LogP contribution is -2.34. The lowest BCUT2D eigenvalue weighted by Gasteiger charge is -2.13. The number of halogens is 1. The van der Waals surface area contributed by atoms with Crippen molar-refractivity contribution < 1.29 is 9.59 Å². The first-order valence-electron chi connectivity index (χ1n) is 8.31. The molecule has 0 unspecified atom stereocenters. The number of hydrogen-bond acceptors (Lipinski definition) is 3. The summed E-state index contributed by atoms with van der Waals surface area (Å²) >= 11 is 0. The maximum atomic E-state index is 12.1. The number of carbonyl (C=O) groups is 2. The summed E-state index contributed by atoms with van der Waals surface area (Å²) in [6, 6.07) is 11.7. The molecule has 2 aromatic rings. The van der Waals surface area contributed by atoms with Crippen LogP contribution in [0.3, 0.4) is 0 Å². The number of anilines is 2. The van der Waals surface area contributed by atoms with Crippen LogP contribution < -0.4 is 16.0 Å². The second-order valence-electron chi connectivity index (χ2n) is 6.23. The molecule has 0 aromatic heterocycles. The summed E-state index contributed by atoms with van der Waals surface area (Å²) in [5.41, 5.74) is 5.72. The molecule has 0 spiro atoms. The number of para-hydroxylation sites is 2. The number of aryl methyl sites for hydroxylation is 4. The Morgan fingerprint density at radius 2 is 1.00 bits per heavy atom. The van der Waals surface area contributed by atoms with Gasteiger partial charge in [0.05, 0.1) is 13.1 Å². The van der Waals surface area contributed by atoms with E-state index in [1.807, 2.05) is 64.1 Å². The van der Waals surface area contributed by atoms with Gasteiger partial charge in [-0.15, -0.1) is 12.4 Å². The Hall–Kier alpha value is -2.37. The average molecular weight is 376 g/mol. The monoisotopic (exact) mass is 375 g/mol. The van der Waals surface area contributed by atoms with E-state index in [1.54, 1.807) is 0 Å². The molecule has 3 N–H and O–H groups in total. The van der Waals surface area contributed by atoms with Crippen LogP contribution in [0.25, 0.3) is 0 Å². The van der Waals surface area contributed by atoms with Gasteiger partial charge in [-0.2, -0.15) is 0 Å². The second-order valence-corrected chi connectivity index (χ2v) is 6.23. The quantitative estimate of drug-likeness (QED) is 0.723. The van der Waals surface area contributed by atoms with Crippen LogP contribution in [0.1, 0.15) is 22.3 Å². The smallest absolute Gasteiger partial charge is 0.238 e. The SMILES string of the molecule is Cc1cccc(C)c1NC(=O)CNCC(=O)Nc1c(C)cccc1C.Cl. The number of benzene rings is 2. The molecule has 5 nitrogen and oxygen atoms in total. The van der Waals surface area contributed by atoms with Gasteiger partial charge < -0.3 is 10.6 Å². The van der Waals surface area contributed by atoms with Crippen LogP contribution in [-0.2, 0) is 9.59 Å². The van der Waals surface area contributed by atoms with Crippen molar-refractivity contribution in [3.05, 3.63) is 58.7 Å². The summed E-state index contributed by atoms with van der Waals surface area (Å²) in [6.07, 6.45) is 0. The van der Waals surface area contributed by atoms with Gasteiger partial charge in [-0.25, -0.2) is 0 Å². The molecule has 0 aliphatic heterocycles. The molecule has 2 aromatic carbocycles. The van der Waals surface area contributed by atoms with Crippen molar-refractivity contribution in [3.63, 3.8) is 0 Å². The van der Waals surface area contributed by atoms with Crippen molar-refractivity contribution in [2.24, 2.45) is 0 Å². The van der Waals surface area contributed by atoms with Gasteiger partial charge in [0.1, 0.15) is 0 Å². The highest BCUT2D eigenvalue weighted by atomic mass is 35.5. The summed E-state index contributed by atoms with van der Waals surface area (Å²) in [6.45, 7) is 7.96. The Balaban J connectivity index is 0.00000338. The summed E-state index contributed by atoms with van der Waals surface area (Å²) in [7, 11) is 0. The van der Waals surface area contributed by atoms with Gasteiger partial charge in [0.25, 0.3) is 0 Å². The lowest BCUT2D eigenvalue weighted by atomic mass is 10.1. The van der Waals surface area contributed by atoms with Crippen LogP contribution >= 0.6 is 12.4 Å². The Bertz CT molecular complexity index is 685. The molecule has 26 heavy (non-hydrogen) atoms. The van der Waals surface area contributed by atoms with Crippen molar-refractivity contribution in [1.29, 1.82) is 0 Å². The fourth-order valence-corrected chi connectivity index (χ4v) is 2.68. The summed E-state index contributed by atoms with van der Waals surface area (Å²) in [5.74, 6) is -0.338. The molecule has 0 atom stereocenters. The zero-order chi connectivity index (χ0) is 18.4. The molecule has 0 saturated heterocycles. The van der Waals surface area contributed by atoms with Gasteiger partial charge in [0, 0.05) is 11.4 Å². The normalized spacial score (nSPS) is 10.0. The molecule has 0 radical (unpaired) electrons. The van der Waals surface area contributed by atoms with Gasteiger partial charge in [-0.3, -0.25) is 14.9 Å². The van der Waals surface area contributed by atoms with E-state index < -0.39 is 0 Å². The number of nitrogens with one attached hydrogen (secondary N) is 3. The Morgan fingerprint density at radius 1 is 0.692 bits per heavy atom. The zero-order valence-corrected chi connectivity index (χ0v) is 16.4. The third-order valence-electron chi connectivity index (χ3n) is 4.06. The lowest BCUT2D eigenvalue weighted by molar-refractivity contribution is -0.116. The van der Waals surface area contributed by atoms with Crippen molar-refractivity contribution in [2.45, 2.75) is 27.7 Å². The van der Waals surface area contributed by atoms with Crippen molar-refractivity contribution in [2.75, 3.05) is 23.7 Å². The van der Waals surface area contributed by atoms with E-state index in [0.29, 0.717) is 0 Å². The number of carbonyl (C=O) groups excluding carboxylic acids is 2. The van der Waals surface area contributed by atoms with E-state index in [4.69, 9.17) is 0 Å². The minimum Gasteiger partial charge on any atom is -0.324 e. The number of hydrogen-bond donors (Lipinski definition) is 3. The first-order valence-corrected chi connectivity index (χ1v) is 8.31. The van der Waals surface area contributed by atoms with Crippen LogP contribution in [-0.4, -0.2) is 24.9 Å². The highest BCUT2D eigenvalue weighted by Crippen LogP contribution is 2.19. The average Bonchev–Trinajstić information content (AvgIpc) is 2.55. The highest BCUT2D eigenvalue weighted by molar-refractivity contribution is 5.96. The molecule has 0 aliphatic carbocycles. The standard InChI is InChI=1S/C20H25N3O2.ClH/c1-13-7-5-8-14(2)19(13)22-17(24)11-21-12-18(25)23-20-15(3)9-6-10-16(20)4;/h5-10,21H,11-12H2,1-4H3,(H,22,24)(H,23,25);1H. The van der Waals surface area contributed by atoms with Gasteiger partial charge in [0.2, 0.25) is 11.8 Å². The largest absolute Gasteiger partial charge is 0.324 e. The summed E-state index contributed by atoms with van der Waals surface area (Å²) in [4.78, 5) is 24.1. The van der Waals surface area contributed by atoms with Gasteiger partial charge in [-0.1, -0.05) is 36.4 Å². The molecular weight excluding hydrogens is 350 g/mol. The molecule has 0 saturated carbocycles. The third-order valence-corrected chi connectivity index (χ3v) is 4.06. The van der Waals surface area contributed by atoms with E-state index in [0.717, 1.165) is 33.6 Å². The predicted octanol–water partition coefficient (Wildman–Crippen LogP) is 3.51. The molecular formula is C20H26ClN3O2. The maximum absolute atomic E-state index is 12.1. The first-order chi connectivity index (χ1) is 11.9. The second kappa shape index (κ2) is 9.94. The third kappa shape index (κ3) is 5.86. The van der Waals surface area contributed by atoms with Crippen LogP contribution in [0.2, 0.25) is 0 Å². The predicted molar refractivity (Wildman–Crippen MR) is 109 cm³/mol. The maximum Gasteiger partial charge on any atom is 0.238 e. The Kier molecular flexibility index (Phi) is 8.29. The zero-order valence-electron chi connectivity index (χ0n) is 15.6. The van der Waals surface area contributed by atoms with Crippen LogP contribution in [0.15, 0.2) is 36.4 Å². The minimum atomic E-state index is -0.169. The van der Waals surface area contributed by atoms with E-state index in [9.17, 15) is 9.59 Å². The van der Waals surface area contributed by atoms with E-state index in [1.165, 1.54) is 0 Å². The Morgan fingerprint density at radius 3 is 1.31 bits per heavy atom. The molecule has 2 amide bonds. The Labute approximate surface area is 161 Å².